The molecule has 0 unspecified atom stereocenters. The van der Waals surface area contributed by atoms with Crippen molar-refractivity contribution in [3.63, 3.8) is 0 Å². The Morgan fingerprint density at radius 2 is 2.11 bits per heavy atom. The van der Waals surface area contributed by atoms with Crippen molar-refractivity contribution >= 4 is 40.0 Å². The number of anilines is 1. The Balaban J connectivity index is 1.91. The van der Waals surface area contributed by atoms with Gasteiger partial charge < -0.3 is 10.1 Å². The number of hydrogen-bond donors (Lipinski definition) is 1. The van der Waals surface area contributed by atoms with Crippen molar-refractivity contribution in [2.75, 3.05) is 25.1 Å². The summed E-state index contributed by atoms with van der Waals surface area (Å²) in [6.45, 7) is -1.14. The average Bonchev–Trinajstić information content (AvgIpc) is 2.78. The molecule has 1 aromatic carbocycles. The van der Waals surface area contributed by atoms with Crippen LogP contribution in [0.2, 0.25) is 5.02 Å². The van der Waals surface area contributed by atoms with E-state index in [9.17, 15) is 13.2 Å². The summed E-state index contributed by atoms with van der Waals surface area (Å²) < 4.78 is 48.2. The Morgan fingerprint density at radius 1 is 1.32 bits per heavy atom. The van der Waals surface area contributed by atoms with Crippen LogP contribution in [0.15, 0.2) is 12.1 Å². The molecule has 9 heteroatoms. The highest BCUT2D eigenvalue weighted by molar-refractivity contribution is 7.00. The minimum absolute atomic E-state index is 0.0796. The number of nitrogens with zero attached hydrogens (tertiary/aromatic N) is 2. The fraction of sp³-hybridized carbons (Fsp3) is 0.400. The smallest absolute Gasteiger partial charge is 0.380 e. The molecule has 0 spiro atoms. The second-order valence-corrected chi connectivity index (χ2v) is 4.58. The van der Waals surface area contributed by atoms with Crippen LogP contribution >= 0.6 is 23.3 Å². The number of benzene rings is 1. The van der Waals surface area contributed by atoms with Crippen LogP contribution in [0.1, 0.15) is 0 Å². The third-order valence-corrected chi connectivity index (χ3v) is 3.05. The zero-order chi connectivity index (χ0) is 13.9. The van der Waals surface area contributed by atoms with Crippen molar-refractivity contribution in [3.05, 3.63) is 17.2 Å². The quantitative estimate of drug-likeness (QED) is 0.860. The summed E-state index contributed by atoms with van der Waals surface area (Å²) in [5.74, 6) is 0. The monoisotopic (exact) mass is 311 g/mol. The van der Waals surface area contributed by atoms with Crippen LogP contribution in [0, 0.1) is 0 Å². The van der Waals surface area contributed by atoms with Crippen molar-refractivity contribution < 1.29 is 17.9 Å². The van der Waals surface area contributed by atoms with E-state index in [1.807, 2.05) is 0 Å². The van der Waals surface area contributed by atoms with Crippen molar-refractivity contribution in [1.82, 2.24) is 8.75 Å². The summed E-state index contributed by atoms with van der Waals surface area (Å²) >= 11 is 7.04. The number of nitrogens with one attached hydrogen (secondary N) is 1. The molecule has 0 saturated heterocycles. The summed E-state index contributed by atoms with van der Waals surface area (Å²) in [5, 5.41) is 3.35. The number of halogens is 4. The molecule has 2 rings (SSSR count). The molecule has 0 bridgehead atoms. The zero-order valence-electron chi connectivity index (χ0n) is 9.50. The summed E-state index contributed by atoms with van der Waals surface area (Å²) in [5.41, 5.74) is 1.85. The third-order valence-electron chi connectivity index (χ3n) is 2.19. The maximum Gasteiger partial charge on any atom is 0.411 e. The van der Waals surface area contributed by atoms with Crippen LogP contribution in [0.25, 0.3) is 11.0 Å². The number of ether oxygens (including phenoxy) is 1. The van der Waals surface area contributed by atoms with Crippen LogP contribution in [-0.2, 0) is 4.74 Å². The first-order valence-electron chi connectivity index (χ1n) is 5.26. The second kappa shape index (κ2) is 5.89. The molecule has 1 aromatic heterocycles. The van der Waals surface area contributed by atoms with Crippen LogP contribution in [0.3, 0.4) is 0 Å². The predicted octanol–water partition coefficient (Wildman–Crippen LogP) is 3.34. The van der Waals surface area contributed by atoms with E-state index in [0.717, 1.165) is 11.7 Å². The van der Waals surface area contributed by atoms with Gasteiger partial charge in [-0.15, -0.1) is 0 Å². The van der Waals surface area contributed by atoms with Crippen molar-refractivity contribution in [1.29, 1.82) is 0 Å². The Labute approximate surface area is 115 Å². The molecule has 0 atom stereocenters. The molecule has 4 nitrogen and oxygen atoms in total. The minimum atomic E-state index is -4.31. The van der Waals surface area contributed by atoms with Gasteiger partial charge in [-0.2, -0.15) is 21.9 Å². The molecular weight excluding hydrogens is 303 g/mol. The molecule has 0 radical (unpaired) electrons. The SMILES string of the molecule is FC(F)(F)COCCNc1c(Cl)ccc2nsnc12. The van der Waals surface area contributed by atoms with Gasteiger partial charge in [-0.05, 0) is 12.1 Å². The van der Waals surface area contributed by atoms with E-state index in [2.05, 4.69) is 18.8 Å². The largest absolute Gasteiger partial charge is 0.411 e. The zero-order valence-corrected chi connectivity index (χ0v) is 11.1. The normalized spacial score (nSPS) is 12.0. The highest BCUT2D eigenvalue weighted by atomic mass is 35.5. The maximum atomic E-state index is 11.9. The molecule has 0 aliphatic carbocycles. The van der Waals surface area contributed by atoms with E-state index in [1.165, 1.54) is 0 Å². The molecule has 0 fully saturated rings. The van der Waals surface area contributed by atoms with Gasteiger partial charge in [0.25, 0.3) is 0 Å². The van der Waals surface area contributed by atoms with Crippen LogP contribution < -0.4 is 5.32 Å². The van der Waals surface area contributed by atoms with Gasteiger partial charge in [0.2, 0.25) is 0 Å². The molecule has 2 aromatic rings. The lowest BCUT2D eigenvalue weighted by Gasteiger charge is -2.10. The van der Waals surface area contributed by atoms with Gasteiger partial charge in [-0.3, -0.25) is 0 Å². The summed E-state index contributed by atoms with van der Waals surface area (Å²) in [6.07, 6.45) is -4.31. The molecular formula is C10H9ClF3N3OS. The molecule has 104 valence electrons. The highest BCUT2D eigenvalue weighted by Crippen LogP contribution is 2.29. The molecule has 0 amide bonds. The summed E-state index contributed by atoms with van der Waals surface area (Å²) in [7, 11) is 0. The van der Waals surface area contributed by atoms with Gasteiger partial charge in [-0.1, -0.05) is 11.6 Å². The molecule has 1 heterocycles. The molecule has 0 saturated carbocycles. The van der Waals surface area contributed by atoms with Crippen molar-refractivity contribution in [3.8, 4) is 0 Å². The van der Waals surface area contributed by atoms with Gasteiger partial charge >= 0.3 is 6.18 Å². The van der Waals surface area contributed by atoms with Gasteiger partial charge in [0.1, 0.15) is 17.6 Å². The minimum Gasteiger partial charge on any atom is -0.380 e. The van der Waals surface area contributed by atoms with E-state index < -0.39 is 12.8 Å². The third kappa shape index (κ3) is 3.92. The second-order valence-electron chi connectivity index (χ2n) is 3.65. The van der Waals surface area contributed by atoms with Crippen molar-refractivity contribution in [2.45, 2.75) is 6.18 Å². The molecule has 19 heavy (non-hydrogen) atoms. The van der Waals surface area contributed by atoms with Gasteiger partial charge in [0.15, 0.2) is 0 Å². The Bertz CT molecular complexity index is 560. The number of rotatable bonds is 5. The number of alkyl halides is 3. The first kappa shape index (κ1) is 14.3. The fourth-order valence-electron chi connectivity index (χ4n) is 1.43. The van der Waals surface area contributed by atoms with Crippen molar-refractivity contribution in [2.24, 2.45) is 0 Å². The van der Waals surface area contributed by atoms with Gasteiger partial charge in [-0.25, -0.2) is 0 Å². The standard InChI is InChI=1S/C10H9ClF3N3OS/c11-6-1-2-7-9(17-19-16-7)8(6)15-3-4-18-5-10(12,13)14/h1-2,15H,3-5H2. The summed E-state index contributed by atoms with van der Waals surface area (Å²) in [4.78, 5) is 0. The summed E-state index contributed by atoms with van der Waals surface area (Å²) in [6, 6.07) is 3.39. The van der Waals surface area contributed by atoms with Crippen LogP contribution in [0.4, 0.5) is 18.9 Å². The first-order valence-corrected chi connectivity index (χ1v) is 6.37. The lowest BCUT2D eigenvalue weighted by molar-refractivity contribution is -0.172. The van der Waals surface area contributed by atoms with E-state index in [4.69, 9.17) is 11.6 Å². The van der Waals surface area contributed by atoms with E-state index in [-0.39, 0.29) is 13.2 Å². The van der Waals surface area contributed by atoms with E-state index in [0.29, 0.717) is 21.7 Å². The fourth-order valence-corrected chi connectivity index (χ4v) is 2.19. The highest BCUT2D eigenvalue weighted by Gasteiger charge is 2.27. The van der Waals surface area contributed by atoms with E-state index in [1.54, 1.807) is 12.1 Å². The van der Waals surface area contributed by atoms with E-state index >= 15 is 0 Å². The first-order chi connectivity index (χ1) is 8.97. The Kier molecular flexibility index (Phi) is 4.43. The average molecular weight is 312 g/mol. The molecule has 0 aliphatic heterocycles. The topological polar surface area (TPSA) is 47.0 Å². The Hall–Kier alpha value is -1.12. The molecule has 1 N–H and O–H groups in total. The van der Waals surface area contributed by atoms with Crippen LogP contribution in [-0.4, -0.2) is 34.7 Å². The number of hydrogen-bond acceptors (Lipinski definition) is 5. The van der Waals surface area contributed by atoms with Gasteiger partial charge in [0.05, 0.1) is 29.0 Å². The van der Waals surface area contributed by atoms with Gasteiger partial charge in [0, 0.05) is 6.54 Å². The Morgan fingerprint density at radius 3 is 2.84 bits per heavy atom. The lowest BCUT2D eigenvalue weighted by Crippen LogP contribution is -2.20. The van der Waals surface area contributed by atoms with Crippen LogP contribution in [0.5, 0.6) is 0 Å². The number of fused-ring (bicyclic) bond motifs is 1. The predicted molar refractivity (Wildman–Crippen MR) is 67.8 cm³/mol. The maximum absolute atomic E-state index is 11.9. The molecule has 0 aliphatic rings. The lowest BCUT2D eigenvalue weighted by atomic mass is 10.2. The number of aromatic nitrogens is 2.